The number of amides is 1. The maximum atomic E-state index is 13.2. The van der Waals surface area contributed by atoms with E-state index >= 15 is 0 Å². The van der Waals surface area contributed by atoms with Gasteiger partial charge in [0.05, 0.1) is 26.4 Å². The van der Waals surface area contributed by atoms with Crippen molar-refractivity contribution < 1.29 is 36.9 Å². The van der Waals surface area contributed by atoms with Crippen LogP contribution in [0.2, 0.25) is 0 Å². The molecule has 0 unspecified atom stereocenters. The van der Waals surface area contributed by atoms with Gasteiger partial charge in [0.15, 0.2) is 0 Å². The number of hydrogen-bond acceptors (Lipinski definition) is 7. The summed E-state index contributed by atoms with van der Waals surface area (Å²) >= 11 is 3.29. The number of ether oxygens (including phenoxy) is 4. The first-order valence-electron chi connectivity index (χ1n) is 9.94. The second-order valence-electron chi connectivity index (χ2n) is 7.83. The van der Waals surface area contributed by atoms with Gasteiger partial charge >= 0.3 is 17.9 Å². The summed E-state index contributed by atoms with van der Waals surface area (Å²) in [5.74, 6) is 0.313. The number of hydrogen-bond donors (Lipinski definition) is 1. The molecule has 0 radical (unpaired) electrons. The summed E-state index contributed by atoms with van der Waals surface area (Å²) < 4.78 is 61.1. The number of rotatable bonds is 12. The van der Waals surface area contributed by atoms with E-state index in [0.717, 1.165) is 0 Å². The molecule has 0 bridgehead atoms. The smallest absolute Gasteiger partial charge is 0.442 e. The molecule has 2 rings (SSSR count). The third-order valence-electron chi connectivity index (χ3n) is 4.08. The van der Waals surface area contributed by atoms with Gasteiger partial charge in [-0.25, -0.2) is 4.79 Å². The van der Waals surface area contributed by atoms with Gasteiger partial charge < -0.3 is 24.3 Å². The zero-order valence-electron chi connectivity index (χ0n) is 18.1. The van der Waals surface area contributed by atoms with Crippen LogP contribution >= 0.6 is 15.9 Å². The Labute approximate surface area is 193 Å². The minimum Gasteiger partial charge on any atom is -0.491 e. The van der Waals surface area contributed by atoms with Crippen LogP contribution in [-0.2, 0) is 25.2 Å². The van der Waals surface area contributed by atoms with Crippen molar-refractivity contribution in [2.45, 2.75) is 43.5 Å². The lowest BCUT2D eigenvalue weighted by molar-refractivity contribution is -0.166. The van der Waals surface area contributed by atoms with E-state index in [1.165, 1.54) is 12.1 Å². The summed E-state index contributed by atoms with van der Waals surface area (Å²) in [4.78, 5) is 11.5. The molecule has 1 aliphatic rings. The van der Waals surface area contributed by atoms with Crippen molar-refractivity contribution in [2.24, 2.45) is 10.2 Å². The zero-order valence-corrected chi connectivity index (χ0v) is 19.7. The quantitative estimate of drug-likeness (QED) is 0.315. The highest BCUT2D eigenvalue weighted by Gasteiger charge is 2.65. The highest BCUT2D eigenvalue weighted by atomic mass is 79.9. The molecular formula is C20H27BrF3N3O5. The molecule has 180 valence electrons. The van der Waals surface area contributed by atoms with Gasteiger partial charge in [0, 0.05) is 23.0 Å². The third kappa shape index (κ3) is 7.89. The van der Waals surface area contributed by atoms with E-state index in [9.17, 15) is 18.0 Å². The molecule has 0 aliphatic carbocycles. The van der Waals surface area contributed by atoms with Gasteiger partial charge in [-0.05, 0) is 26.8 Å². The molecule has 1 amide bonds. The molecule has 0 spiro atoms. The average Bonchev–Trinajstić information content (AvgIpc) is 3.50. The van der Waals surface area contributed by atoms with Crippen LogP contribution in [-0.4, -0.2) is 57.4 Å². The second-order valence-corrected chi connectivity index (χ2v) is 8.39. The standard InChI is InChI=1S/C20H27BrF3N3O5/c1-18(2,3)32-17(28)25-6-7-29-8-9-30-10-11-31-16-12-15(5-4-14(16)13-21)19(26-27-19)20(22,23)24/h4-5,12H,6-11,13H2,1-3H3,(H,25,28). The largest absolute Gasteiger partial charge is 0.491 e. The van der Waals surface area contributed by atoms with Crippen LogP contribution in [0, 0.1) is 0 Å². The highest BCUT2D eigenvalue weighted by Crippen LogP contribution is 2.53. The summed E-state index contributed by atoms with van der Waals surface area (Å²) in [6.07, 6.45) is -5.10. The first-order valence-corrected chi connectivity index (χ1v) is 11.1. The van der Waals surface area contributed by atoms with Gasteiger partial charge in [0.25, 0.3) is 0 Å². The van der Waals surface area contributed by atoms with Crippen molar-refractivity contribution in [1.82, 2.24) is 5.32 Å². The molecule has 1 aromatic carbocycles. The van der Waals surface area contributed by atoms with Crippen molar-refractivity contribution in [3.63, 3.8) is 0 Å². The van der Waals surface area contributed by atoms with Crippen LogP contribution in [0.5, 0.6) is 5.75 Å². The molecule has 1 heterocycles. The first-order chi connectivity index (χ1) is 15.0. The van der Waals surface area contributed by atoms with Gasteiger partial charge in [-0.1, -0.05) is 28.1 Å². The molecule has 32 heavy (non-hydrogen) atoms. The number of nitrogens with one attached hydrogen (secondary N) is 1. The number of nitrogens with zero attached hydrogens (tertiary/aromatic N) is 2. The Hall–Kier alpha value is -1.92. The Balaban J connectivity index is 1.63. The van der Waals surface area contributed by atoms with Crippen LogP contribution in [0.1, 0.15) is 31.9 Å². The lowest BCUT2D eigenvalue weighted by atomic mass is 10.0. The van der Waals surface area contributed by atoms with Crippen molar-refractivity contribution in [1.29, 1.82) is 0 Å². The van der Waals surface area contributed by atoms with E-state index in [1.807, 2.05) is 0 Å². The lowest BCUT2D eigenvalue weighted by Gasteiger charge is -2.19. The number of alkyl carbamates (subject to hydrolysis) is 1. The molecular weight excluding hydrogens is 499 g/mol. The van der Waals surface area contributed by atoms with Crippen LogP contribution in [0.3, 0.4) is 0 Å². The number of benzene rings is 1. The maximum absolute atomic E-state index is 13.2. The predicted molar refractivity (Wildman–Crippen MR) is 113 cm³/mol. The normalized spacial score (nSPS) is 14.8. The van der Waals surface area contributed by atoms with Crippen LogP contribution in [0.15, 0.2) is 28.4 Å². The van der Waals surface area contributed by atoms with Crippen LogP contribution in [0.4, 0.5) is 18.0 Å². The third-order valence-corrected chi connectivity index (χ3v) is 4.68. The molecule has 1 aliphatic heterocycles. The lowest BCUT2D eigenvalue weighted by Crippen LogP contribution is -2.34. The van der Waals surface area contributed by atoms with Crippen LogP contribution < -0.4 is 10.1 Å². The molecule has 12 heteroatoms. The molecule has 1 N–H and O–H groups in total. The molecule has 0 saturated carbocycles. The van der Waals surface area contributed by atoms with Crippen molar-refractivity contribution in [3.8, 4) is 5.75 Å². The number of alkyl halides is 4. The fraction of sp³-hybridized carbons (Fsp3) is 0.650. The van der Waals surface area contributed by atoms with E-state index in [4.69, 9.17) is 18.9 Å². The minimum atomic E-state index is -4.59. The topological polar surface area (TPSA) is 90.7 Å². The first kappa shape index (κ1) is 26.3. The molecule has 0 aromatic heterocycles. The number of carbonyl (C=O) groups is 1. The monoisotopic (exact) mass is 525 g/mol. The Bertz CT molecular complexity index is 794. The molecule has 0 saturated heterocycles. The van der Waals surface area contributed by atoms with E-state index < -0.39 is 23.5 Å². The van der Waals surface area contributed by atoms with Crippen molar-refractivity contribution >= 4 is 22.0 Å². The average molecular weight is 526 g/mol. The van der Waals surface area contributed by atoms with Gasteiger partial charge in [0.1, 0.15) is 18.0 Å². The molecule has 8 nitrogen and oxygen atoms in total. The van der Waals surface area contributed by atoms with Crippen LogP contribution in [0.25, 0.3) is 0 Å². The van der Waals surface area contributed by atoms with Gasteiger partial charge in [-0.15, -0.1) is 10.2 Å². The minimum absolute atomic E-state index is 0.0843. The zero-order chi connectivity index (χ0) is 23.8. The Kier molecular flexibility index (Phi) is 9.28. The second kappa shape index (κ2) is 11.3. The fourth-order valence-electron chi connectivity index (χ4n) is 2.53. The SMILES string of the molecule is CC(C)(C)OC(=O)NCCOCCOCCOc1cc(C2(C(F)(F)F)N=N2)ccc1CBr. The highest BCUT2D eigenvalue weighted by molar-refractivity contribution is 9.08. The summed E-state index contributed by atoms with van der Waals surface area (Å²) in [5, 5.41) is 9.42. The summed E-state index contributed by atoms with van der Waals surface area (Å²) in [7, 11) is 0. The Morgan fingerprint density at radius 2 is 1.69 bits per heavy atom. The summed E-state index contributed by atoms with van der Waals surface area (Å²) in [6, 6.07) is 4.21. The molecule has 0 fully saturated rings. The van der Waals surface area contributed by atoms with E-state index in [-0.39, 0.29) is 18.8 Å². The van der Waals surface area contributed by atoms with Crippen molar-refractivity contribution in [3.05, 3.63) is 29.3 Å². The van der Waals surface area contributed by atoms with E-state index in [0.29, 0.717) is 43.0 Å². The van der Waals surface area contributed by atoms with E-state index in [1.54, 1.807) is 26.8 Å². The summed E-state index contributed by atoms with van der Waals surface area (Å²) in [6.45, 7) is 6.93. The molecule has 1 aromatic rings. The maximum Gasteiger partial charge on any atom is 0.442 e. The fourth-order valence-corrected chi connectivity index (χ4v) is 2.99. The number of carbonyl (C=O) groups excluding carboxylic acids is 1. The van der Waals surface area contributed by atoms with Crippen molar-refractivity contribution in [2.75, 3.05) is 39.6 Å². The van der Waals surface area contributed by atoms with Gasteiger partial charge in [-0.3, -0.25) is 0 Å². The van der Waals surface area contributed by atoms with E-state index in [2.05, 4.69) is 31.5 Å². The Morgan fingerprint density at radius 3 is 2.25 bits per heavy atom. The van der Waals surface area contributed by atoms with Gasteiger partial charge in [0.2, 0.25) is 0 Å². The summed E-state index contributed by atoms with van der Waals surface area (Å²) in [5.41, 5.74) is -2.42. The predicted octanol–water partition coefficient (Wildman–Crippen LogP) is 4.70. The Morgan fingerprint density at radius 1 is 1.06 bits per heavy atom. The molecule has 0 atom stereocenters. The number of halogens is 4. The van der Waals surface area contributed by atoms with Gasteiger partial charge in [-0.2, -0.15) is 13.2 Å².